The van der Waals surface area contributed by atoms with Crippen LogP contribution < -0.4 is 10.9 Å². The van der Waals surface area contributed by atoms with E-state index in [4.69, 9.17) is 4.42 Å². The molecular formula is C18H15N5O3S. The Labute approximate surface area is 157 Å². The zero-order valence-electron chi connectivity index (χ0n) is 14.1. The van der Waals surface area contributed by atoms with Crippen molar-refractivity contribution in [3.63, 3.8) is 0 Å². The molecule has 0 atom stereocenters. The van der Waals surface area contributed by atoms with Gasteiger partial charge in [-0.05, 0) is 35.7 Å². The van der Waals surface area contributed by atoms with Crippen LogP contribution in [0.1, 0.15) is 10.5 Å². The van der Waals surface area contributed by atoms with Crippen molar-refractivity contribution in [1.29, 1.82) is 0 Å². The Balaban J connectivity index is 1.39. The van der Waals surface area contributed by atoms with Gasteiger partial charge in [0.05, 0.1) is 23.4 Å². The molecule has 4 rings (SSSR count). The maximum atomic E-state index is 12.2. The van der Waals surface area contributed by atoms with Crippen molar-refractivity contribution >= 4 is 17.2 Å². The summed E-state index contributed by atoms with van der Waals surface area (Å²) in [7, 11) is 0. The van der Waals surface area contributed by atoms with Crippen LogP contribution in [0.15, 0.2) is 63.3 Å². The summed E-state index contributed by atoms with van der Waals surface area (Å²) in [6, 6.07) is 12.1. The molecule has 8 nitrogen and oxygen atoms in total. The highest BCUT2D eigenvalue weighted by Crippen LogP contribution is 2.22. The van der Waals surface area contributed by atoms with Crippen LogP contribution in [0.3, 0.4) is 0 Å². The van der Waals surface area contributed by atoms with E-state index in [0.29, 0.717) is 17.1 Å². The molecule has 136 valence electrons. The number of rotatable bonds is 6. The molecule has 0 bridgehead atoms. The van der Waals surface area contributed by atoms with Gasteiger partial charge in [-0.25, -0.2) is 4.68 Å². The minimum absolute atomic E-state index is 0.237. The molecule has 4 heterocycles. The smallest absolute Gasteiger partial charge is 0.271 e. The molecule has 1 amide bonds. The van der Waals surface area contributed by atoms with Crippen molar-refractivity contribution in [2.75, 3.05) is 6.54 Å². The molecule has 0 aliphatic heterocycles. The summed E-state index contributed by atoms with van der Waals surface area (Å²) in [5.74, 6) is 0.259. The summed E-state index contributed by atoms with van der Waals surface area (Å²) < 4.78 is 6.58. The molecular weight excluding hydrogens is 366 g/mol. The van der Waals surface area contributed by atoms with E-state index in [2.05, 4.69) is 20.6 Å². The maximum absolute atomic E-state index is 12.2. The molecule has 4 aromatic rings. The van der Waals surface area contributed by atoms with Crippen LogP contribution in [0.5, 0.6) is 0 Å². The molecule has 0 spiro atoms. The van der Waals surface area contributed by atoms with Crippen molar-refractivity contribution in [1.82, 2.24) is 25.3 Å². The SMILES string of the molecule is O=C(NCCn1nc(-c2ccco2)ccc1=O)c1cc(-c2cccs2)[nH]n1. The Kier molecular flexibility index (Phi) is 4.67. The molecule has 9 heteroatoms. The van der Waals surface area contributed by atoms with Crippen LogP contribution in [0.4, 0.5) is 0 Å². The molecule has 0 radical (unpaired) electrons. The number of aromatic nitrogens is 4. The van der Waals surface area contributed by atoms with Gasteiger partial charge in [-0.15, -0.1) is 11.3 Å². The number of amides is 1. The summed E-state index contributed by atoms with van der Waals surface area (Å²) in [4.78, 5) is 25.2. The summed E-state index contributed by atoms with van der Waals surface area (Å²) >= 11 is 1.56. The average molecular weight is 381 g/mol. The second-order valence-electron chi connectivity index (χ2n) is 5.66. The van der Waals surface area contributed by atoms with Gasteiger partial charge in [-0.2, -0.15) is 10.2 Å². The van der Waals surface area contributed by atoms with Crippen molar-refractivity contribution < 1.29 is 9.21 Å². The first kappa shape index (κ1) is 17.0. The van der Waals surface area contributed by atoms with Crippen molar-refractivity contribution in [2.45, 2.75) is 6.54 Å². The number of nitrogens with one attached hydrogen (secondary N) is 2. The third-order valence-electron chi connectivity index (χ3n) is 3.85. The molecule has 0 aliphatic rings. The Morgan fingerprint density at radius 3 is 2.96 bits per heavy atom. The third kappa shape index (κ3) is 3.72. The van der Waals surface area contributed by atoms with Gasteiger partial charge in [0, 0.05) is 12.6 Å². The largest absolute Gasteiger partial charge is 0.463 e. The molecule has 2 N–H and O–H groups in total. The van der Waals surface area contributed by atoms with Gasteiger partial charge in [0.2, 0.25) is 0 Å². The molecule has 0 aromatic carbocycles. The average Bonchev–Trinajstić information content (AvgIpc) is 3.43. The fourth-order valence-corrected chi connectivity index (χ4v) is 3.22. The molecule has 0 saturated heterocycles. The number of carbonyl (C=O) groups excluding carboxylic acids is 1. The first-order valence-electron chi connectivity index (χ1n) is 8.20. The molecule has 27 heavy (non-hydrogen) atoms. The molecule has 0 fully saturated rings. The number of H-pyrrole nitrogens is 1. The van der Waals surface area contributed by atoms with Crippen LogP contribution in [0.2, 0.25) is 0 Å². The van der Waals surface area contributed by atoms with Crippen molar-refractivity contribution in [3.8, 4) is 22.0 Å². The number of thiophene rings is 1. The lowest BCUT2D eigenvalue weighted by Crippen LogP contribution is -2.32. The third-order valence-corrected chi connectivity index (χ3v) is 4.75. The predicted molar refractivity (Wildman–Crippen MR) is 100 cm³/mol. The van der Waals surface area contributed by atoms with Crippen molar-refractivity contribution in [2.24, 2.45) is 0 Å². The second-order valence-corrected chi connectivity index (χ2v) is 6.61. The number of carbonyl (C=O) groups is 1. The van der Waals surface area contributed by atoms with E-state index in [1.165, 1.54) is 10.7 Å². The lowest BCUT2D eigenvalue weighted by Gasteiger charge is -2.06. The summed E-state index contributed by atoms with van der Waals surface area (Å²) in [6.45, 7) is 0.482. The van der Waals surface area contributed by atoms with E-state index in [9.17, 15) is 9.59 Å². The van der Waals surface area contributed by atoms with Gasteiger partial charge in [-0.3, -0.25) is 14.7 Å². The predicted octanol–water partition coefficient (Wildman–Crippen LogP) is 2.38. The number of nitrogens with zero attached hydrogens (tertiary/aromatic N) is 3. The Bertz CT molecular complexity index is 1100. The fourth-order valence-electron chi connectivity index (χ4n) is 2.53. The van der Waals surface area contributed by atoms with E-state index in [1.807, 2.05) is 17.5 Å². The topological polar surface area (TPSA) is 106 Å². The lowest BCUT2D eigenvalue weighted by atomic mass is 10.3. The number of aromatic amines is 1. The van der Waals surface area contributed by atoms with Gasteiger partial charge in [-0.1, -0.05) is 6.07 Å². The van der Waals surface area contributed by atoms with E-state index in [1.54, 1.807) is 41.9 Å². The van der Waals surface area contributed by atoms with E-state index in [-0.39, 0.29) is 24.6 Å². The van der Waals surface area contributed by atoms with Gasteiger partial charge in [0.25, 0.3) is 11.5 Å². The van der Waals surface area contributed by atoms with E-state index >= 15 is 0 Å². The molecule has 0 saturated carbocycles. The Morgan fingerprint density at radius 2 is 2.19 bits per heavy atom. The van der Waals surface area contributed by atoms with Gasteiger partial charge >= 0.3 is 0 Å². The monoisotopic (exact) mass is 381 g/mol. The summed E-state index contributed by atoms with van der Waals surface area (Å²) in [5.41, 5.74) is 1.39. The zero-order chi connectivity index (χ0) is 18.6. The Hall–Kier alpha value is -3.46. The molecule has 0 unspecified atom stereocenters. The Morgan fingerprint density at radius 1 is 1.26 bits per heavy atom. The highest BCUT2D eigenvalue weighted by Gasteiger charge is 2.12. The van der Waals surface area contributed by atoms with E-state index < -0.39 is 0 Å². The highest BCUT2D eigenvalue weighted by molar-refractivity contribution is 7.13. The number of hydrogen-bond donors (Lipinski definition) is 2. The molecule has 0 aliphatic carbocycles. The van der Waals surface area contributed by atoms with Crippen LogP contribution >= 0.6 is 11.3 Å². The van der Waals surface area contributed by atoms with Crippen LogP contribution in [-0.4, -0.2) is 32.4 Å². The van der Waals surface area contributed by atoms with Gasteiger partial charge in [0.1, 0.15) is 5.69 Å². The van der Waals surface area contributed by atoms with Crippen molar-refractivity contribution in [3.05, 3.63) is 70.2 Å². The molecule has 4 aromatic heterocycles. The van der Waals surface area contributed by atoms with Gasteiger partial charge < -0.3 is 9.73 Å². The quantitative estimate of drug-likeness (QED) is 0.533. The lowest BCUT2D eigenvalue weighted by molar-refractivity contribution is 0.0946. The highest BCUT2D eigenvalue weighted by atomic mass is 32.1. The first-order valence-corrected chi connectivity index (χ1v) is 9.08. The summed E-state index contributed by atoms with van der Waals surface area (Å²) in [5, 5.41) is 15.9. The minimum Gasteiger partial charge on any atom is -0.463 e. The first-order chi connectivity index (χ1) is 13.2. The summed E-state index contributed by atoms with van der Waals surface area (Å²) in [6.07, 6.45) is 1.54. The number of furan rings is 1. The normalized spacial score (nSPS) is 10.8. The standard InChI is InChI=1S/C18H15N5O3S/c24-17-6-5-12(15-3-1-9-26-15)22-23(17)8-7-19-18(25)14-11-13(20-21-14)16-4-2-10-27-16/h1-6,9-11H,7-8H2,(H,19,25)(H,20,21). The maximum Gasteiger partial charge on any atom is 0.271 e. The van der Waals surface area contributed by atoms with Crippen LogP contribution in [0.25, 0.3) is 22.0 Å². The fraction of sp³-hybridized carbons (Fsp3) is 0.111. The van der Waals surface area contributed by atoms with E-state index in [0.717, 1.165) is 10.6 Å². The van der Waals surface area contributed by atoms with Gasteiger partial charge in [0.15, 0.2) is 11.5 Å². The zero-order valence-corrected chi connectivity index (χ0v) is 14.9. The number of hydrogen-bond acceptors (Lipinski definition) is 6. The second kappa shape index (κ2) is 7.42. The van der Waals surface area contributed by atoms with Crippen LogP contribution in [-0.2, 0) is 6.54 Å². The van der Waals surface area contributed by atoms with Crippen LogP contribution in [0, 0.1) is 0 Å². The minimum atomic E-state index is -0.315.